The first-order valence-corrected chi connectivity index (χ1v) is 4.75. The molecule has 0 heterocycles. The number of allylic oxidation sites excluding steroid dienone is 1. The van der Waals surface area contributed by atoms with E-state index in [-0.39, 0.29) is 0 Å². The third kappa shape index (κ3) is 6.31. The molecule has 1 atom stereocenters. The molecule has 0 aliphatic rings. The maximum atomic E-state index is 5.49. The van der Waals surface area contributed by atoms with Crippen LogP contribution in [0.15, 0.2) is 11.6 Å². The molecule has 0 aliphatic heterocycles. The molecule has 0 saturated heterocycles. The highest BCUT2D eigenvalue weighted by Crippen LogP contribution is 2.15. The monoisotopic (exact) mass is 184 g/mol. The van der Waals surface area contributed by atoms with E-state index in [0.29, 0.717) is 5.03 Å². The van der Waals surface area contributed by atoms with Crippen LogP contribution in [0.2, 0.25) is 0 Å². The molecule has 0 nitrogen and oxygen atoms in total. The van der Waals surface area contributed by atoms with Gasteiger partial charge in [-0.1, -0.05) is 50.8 Å². The topological polar surface area (TPSA) is 0 Å². The van der Waals surface area contributed by atoms with Crippen molar-refractivity contribution in [3.05, 3.63) is 11.6 Å². The Labute approximate surface area is 81.0 Å². The molecule has 0 saturated carbocycles. The molecular weight excluding hydrogens is 168 g/mol. The lowest BCUT2D eigenvalue weighted by Gasteiger charge is -2.12. The third-order valence-corrected chi connectivity index (χ3v) is 2.18. The Balaban J connectivity index is 3.58. The highest BCUT2D eigenvalue weighted by atomic mass is 35.5. The van der Waals surface area contributed by atoms with E-state index in [4.69, 9.17) is 11.6 Å². The second kappa shape index (κ2) is 6.14. The van der Waals surface area contributed by atoms with Crippen molar-refractivity contribution >= 4 is 11.6 Å². The first kappa shape index (κ1) is 11.6. The van der Waals surface area contributed by atoms with Gasteiger partial charge in [0.1, 0.15) is 0 Å². The maximum absolute atomic E-state index is 5.49. The van der Waals surface area contributed by atoms with Crippen molar-refractivity contribution in [2.24, 2.45) is 11.8 Å². The van der Waals surface area contributed by atoms with E-state index in [1.165, 1.54) is 0 Å². The van der Waals surface area contributed by atoms with Gasteiger partial charge in [0.2, 0.25) is 0 Å². The number of hydrogen-bond donors (Lipinski definition) is 0. The fourth-order valence-electron chi connectivity index (χ4n) is 0.792. The van der Waals surface area contributed by atoms with Crippen molar-refractivity contribution in [3.63, 3.8) is 0 Å². The van der Waals surface area contributed by atoms with Crippen molar-refractivity contribution in [3.8, 4) is 11.8 Å². The van der Waals surface area contributed by atoms with Crippen LogP contribution < -0.4 is 0 Å². The van der Waals surface area contributed by atoms with Crippen LogP contribution in [0, 0.1) is 23.7 Å². The average molecular weight is 185 g/mol. The van der Waals surface area contributed by atoms with Crippen LogP contribution in [0.1, 0.15) is 33.6 Å². The normalized spacial score (nSPS) is 12.1. The Morgan fingerprint density at radius 2 is 2.00 bits per heavy atom. The summed E-state index contributed by atoms with van der Waals surface area (Å²) in [6, 6.07) is 0. The molecule has 0 aliphatic carbocycles. The second-order valence-electron chi connectivity index (χ2n) is 3.47. The molecule has 0 rings (SSSR count). The lowest BCUT2D eigenvalue weighted by Crippen LogP contribution is -2.02. The molecule has 0 bridgehead atoms. The predicted molar refractivity (Wildman–Crippen MR) is 56.0 cm³/mol. The van der Waals surface area contributed by atoms with Crippen molar-refractivity contribution in [2.45, 2.75) is 33.6 Å². The molecular formula is C11H17Cl. The van der Waals surface area contributed by atoms with Gasteiger partial charge in [-0.2, -0.15) is 0 Å². The Bertz CT molecular complexity index is 193. The molecule has 0 amide bonds. The first-order valence-electron chi connectivity index (χ1n) is 4.37. The minimum Gasteiger partial charge on any atom is -0.0970 e. The van der Waals surface area contributed by atoms with Crippen molar-refractivity contribution < 1.29 is 0 Å². The van der Waals surface area contributed by atoms with E-state index in [0.717, 1.165) is 24.7 Å². The molecule has 0 fully saturated rings. The van der Waals surface area contributed by atoms with Crippen LogP contribution in [0.3, 0.4) is 0 Å². The number of halogens is 1. The van der Waals surface area contributed by atoms with Crippen LogP contribution in [0.25, 0.3) is 0 Å². The predicted octanol–water partition coefficient (Wildman–Crippen LogP) is 3.81. The molecule has 0 aromatic heterocycles. The summed E-state index contributed by atoms with van der Waals surface area (Å²) >= 11 is 5.49. The van der Waals surface area contributed by atoms with E-state index in [1.54, 1.807) is 0 Å². The van der Waals surface area contributed by atoms with Gasteiger partial charge in [-0.25, -0.2) is 0 Å². The summed E-state index contributed by atoms with van der Waals surface area (Å²) in [5.41, 5.74) is 0. The summed E-state index contributed by atoms with van der Waals surface area (Å²) in [7, 11) is 0. The van der Waals surface area contributed by atoms with E-state index < -0.39 is 0 Å². The summed E-state index contributed by atoms with van der Waals surface area (Å²) in [4.78, 5) is 0. The van der Waals surface area contributed by atoms with Crippen molar-refractivity contribution in [2.75, 3.05) is 0 Å². The SMILES string of the molecule is C=C(Cl)C#CCCC(C)C(C)C. The number of hydrogen-bond acceptors (Lipinski definition) is 0. The van der Waals surface area contributed by atoms with Gasteiger partial charge < -0.3 is 0 Å². The van der Waals surface area contributed by atoms with Crippen LogP contribution >= 0.6 is 11.6 Å². The smallest absolute Gasteiger partial charge is 0.0832 e. The van der Waals surface area contributed by atoms with Gasteiger partial charge in [-0.15, -0.1) is 0 Å². The Hall–Kier alpha value is -0.410. The van der Waals surface area contributed by atoms with E-state index in [1.807, 2.05) is 0 Å². The van der Waals surface area contributed by atoms with Gasteiger partial charge >= 0.3 is 0 Å². The van der Waals surface area contributed by atoms with Gasteiger partial charge in [0.15, 0.2) is 0 Å². The second-order valence-corrected chi connectivity index (χ2v) is 3.92. The Kier molecular flexibility index (Phi) is 5.93. The van der Waals surface area contributed by atoms with Crippen LogP contribution in [-0.4, -0.2) is 0 Å². The van der Waals surface area contributed by atoms with Crippen molar-refractivity contribution in [1.29, 1.82) is 0 Å². The standard InChI is InChI=1S/C11H17Cl/c1-9(2)10(3)7-5-6-8-11(4)12/h9-10H,4-5,7H2,1-3H3. The summed E-state index contributed by atoms with van der Waals surface area (Å²) in [5.74, 6) is 7.23. The van der Waals surface area contributed by atoms with E-state index in [2.05, 4.69) is 39.2 Å². The highest BCUT2D eigenvalue weighted by Gasteiger charge is 2.04. The number of rotatable bonds is 3. The van der Waals surface area contributed by atoms with Crippen LogP contribution in [0.4, 0.5) is 0 Å². The largest absolute Gasteiger partial charge is 0.0970 e. The van der Waals surface area contributed by atoms with Gasteiger partial charge in [-0.05, 0) is 18.3 Å². The highest BCUT2D eigenvalue weighted by molar-refractivity contribution is 6.31. The summed E-state index contributed by atoms with van der Waals surface area (Å²) < 4.78 is 0. The summed E-state index contributed by atoms with van der Waals surface area (Å²) in [5, 5.41) is 0.437. The Morgan fingerprint density at radius 1 is 1.42 bits per heavy atom. The molecule has 0 radical (unpaired) electrons. The molecule has 0 spiro atoms. The van der Waals surface area contributed by atoms with Gasteiger partial charge in [0.25, 0.3) is 0 Å². The zero-order valence-corrected chi connectivity index (χ0v) is 8.91. The summed E-state index contributed by atoms with van der Waals surface area (Å²) in [6.45, 7) is 10.2. The first-order chi connectivity index (χ1) is 5.54. The molecule has 0 aromatic carbocycles. The fourth-order valence-corrected chi connectivity index (χ4v) is 0.858. The lowest BCUT2D eigenvalue weighted by molar-refractivity contribution is 0.397. The Morgan fingerprint density at radius 3 is 2.42 bits per heavy atom. The van der Waals surface area contributed by atoms with Gasteiger partial charge in [-0.3, -0.25) is 0 Å². The molecule has 0 aromatic rings. The zero-order chi connectivity index (χ0) is 9.56. The zero-order valence-electron chi connectivity index (χ0n) is 8.15. The minimum absolute atomic E-state index is 0.437. The molecule has 0 N–H and O–H groups in total. The quantitative estimate of drug-likeness (QED) is 0.586. The van der Waals surface area contributed by atoms with E-state index >= 15 is 0 Å². The minimum atomic E-state index is 0.437. The van der Waals surface area contributed by atoms with Crippen LogP contribution in [0.5, 0.6) is 0 Å². The van der Waals surface area contributed by atoms with Crippen LogP contribution in [-0.2, 0) is 0 Å². The molecule has 12 heavy (non-hydrogen) atoms. The molecule has 68 valence electrons. The lowest BCUT2D eigenvalue weighted by atomic mass is 9.93. The molecule has 1 heteroatoms. The average Bonchev–Trinajstić information content (AvgIpc) is 1.97. The fraction of sp³-hybridized carbons (Fsp3) is 0.636. The van der Waals surface area contributed by atoms with Gasteiger partial charge in [0, 0.05) is 6.42 Å². The summed E-state index contributed by atoms with van der Waals surface area (Å²) in [6.07, 6.45) is 2.07. The van der Waals surface area contributed by atoms with E-state index in [9.17, 15) is 0 Å². The molecule has 1 unspecified atom stereocenters. The van der Waals surface area contributed by atoms with Gasteiger partial charge in [0.05, 0.1) is 5.03 Å². The maximum Gasteiger partial charge on any atom is 0.0832 e. The van der Waals surface area contributed by atoms with Crippen molar-refractivity contribution in [1.82, 2.24) is 0 Å². The third-order valence-electron chi connectivity index (χ3n) is 2.09.